The van der Waals surface area contributed by atoms with Gasteiger partial charge in [-0.05, 0) is 11.6 Å². The Labute approximate surface area is 100 Å². The quantitative estimate of drug-likeness (QED) is 0.750. The van der Waals surface area contributed by atoms with Gasteiger partial charge in [-0.3, -0.25) is 4.79 Å². The Kier molecular flexibility index (Phi) is 3.15. The standard InChI is InChI=1S/C13H17N3O/c1-8(13(17)15-2)12(14)10-7-16-11-6-4-3-5-9(10)11/h3-8,12,16H,14H2,1-2H3,(H,15,17). The Bertz CT molecular complexity index is 532. The summed E-state index contributed by atoms with van der Waals surface area (Å²) in [4.78, 5) is 14.8. The van der Waals surface area contributed by atoms with Crippen molar-refractivity contribution in [1.29, 1.82) is 0 Å². The zero-order valence-corrected chi connectivity index (χ0v) is 10.0. The van der Waals surface area contributed by atoms with E-state index in [4.69, 9.17) is 5.73 Å². The van der Waals surface area contributed by atoms with Gasteiger partial charge in [0.1, 0.15) is 0 Å². The van der Waals surface area contributed by atoms with Gasteiger partial charge in [0.2, 0.25) is 5.91 Å². The largest absolute Gasteiger partial charge is 0.361 e. The first kappa shape index (κ1) is 11.7. The average molecular weight is 231 g/mol. The third-order valence-corrected chi connectivity index (χ3v) is 3.18. The van der Waals surface area contributed by atoms with Crippen molar-refractivity contribution in [2.24, 2.45) is 11.7 Å². The lowest BCUT2D eigenvalue weighted by Gasteiger charge is -2.17. The van der Waals surface area contributed by atoms with Gasteiger partial charge in [-0.2, -0.15) is 0 Å². The van der Waals surface area contributed by atoms with E-state index in [1.807, 2.05) is 37.4 Å². The molecule has 2 unspecified atom stereocenters. The number of hydrogen-bond donors (Lipinski definition) is 3. The molecule has 17 heavy (non-hydrogen) atoms. The molecule has 0 saturated carbocycles. The van der Waals surface area contributed by atoms with Gasteiger partial charge in [0.15, 0.2) is 0 Å². The van der Waals surface area contributed by atoms with E-state index in [1.54, 1.807) is 7.05 Å². The molecule has 0 aliphatic heterocycles. The Balaban J connectivity index is 2.36. The predicted molar refractivity (Wildman–Crippen MR) is 68.5 cm³/mol. The molecule has 0 fully saturated rings. The Morgan fingerprint density at radius 3 is 2.82 bits per heavy atom. The van der Waals surface area contributed by atoms with E-state index in [1.165, 1.54) is 0 Å². The van der Waals surface area contributed by atoms with E-state index in [0.29, 0.717) is 0 Å². The van der Waals surface area contributed by atoms with Gasteiger partial charge in [0.05, 0.1) is 5.92 Å². The maximum Gasteiger partial charge on any atom is 0.224 e. The summed E-state index contributed by atoms with van der Waals surface area (Å²) in [6.45, 7) is 1.84. The summed E-state index contributed by atoms with van der Waals surface area (Å²) in [6.07, 6.45) is 1.88. The van der Waals surface area contributed by atoms with Crippen LogP contribution in [0.3, 0.4) is 0 Å². The summed E-state index contributed by atoms with van der Waals surface area (Å²) in [7, 11) is 1.63. The number of benzene rings is 1. The van der Waals surface area contributed by atoms with Crippen LogP contribution in [0.4, 0.5) is 0 Å². The molecule has 2 atom stereocenters. The summed E-state index contributed by atoms with van der Waals surface area (Å²) in [6, 6.07) is 7.65. The van der Waals surface area contributed by atoms with Crippen LogP contribution in [0.1, 0.15) is 18.5 Å². The summed E-state index contributed by atoms with van der Waals surface area (Å²) in [5, 5.41) is 3.71. The summed E-state index contributed by atoms with van der Waals surface area (Å²) in [5.74, 6) is -0.290. The highest BCUT2D eigenvalue weighted by Gasteiger charge is 2.23. The average Bonchev–Trinajstić information content (AvgIpc) is 2.79. The normalized spacial score (nSPS) is 14.5. The Morgan fingerprint density at radius 2 is 2.12 bits per heavy atom. The number of aromatic amines is 1. The first-order chi connectivity index (χ1) is 8.15. The van der Waals surface area contributed by atoms with Crippen LogP contribution < -0.4 is 11.1 Å². The fourth-order valence-electron chi connectivity index (χ4n) is 2.03. The molecule has 0 saturated heterocycles. The molecule has 1 aromatic carbocycles. The third-order valence-electron chi connectivity index (χ3n) is 3.18. The molecule has 4 nitrogen and oxygen atoms in total. The van der Waals surface area contributed by atoms with Crippen LogP contribution in [-0.2, 0) is 4.79 Å². The minimum Gasteiger partial charge on any atom is -0.361 e. The summed E-state index contributed by atoms with van der Waals surface area (Å²) >= 11 is 0. The molecular formula is C13H17N3O. The van der Waals surface area contributed by atoms with Crippen molar-refractivity contribution in [2.45, 2.75) is 13.0 Å². The van der Waals surface area contributed by atoms with Crippen LogP contribution in [0.25, 0.3) is 10.9 Å². The number of fused-ring (bicyclic) bond motifs is 1. The third kappa shape index (κ3) is 2.03. The molecule has 0 radical (unpaired) electrons. The van der Waals surface area contributed by atoms with E-state index in [-0.39, 0.29) is 17.9 Å². The van der Waals surface area contributed by atoms with Crippen molar-refractivity contribution in [3.8, 4) is 0 Å². The second kappa shape index (κ2) is 4.59. The summed E-state index contributed by atoms with van der Waals surface area (Å²) in [5.41, 5.74) is 8.17. The molecule has 0 aliphatic carbocycles. The number of para-hydroxylation sites is 1. The van der Waals surface area contributed by atoms with Crippen LogP contribution in [0.5, 0.6) is 0 Å². The van der Waals surface area contributed by atoms with Crippen LogP contribution in [0.2, 0.25) is 0 Å². The summed E-state index contributed by atoms with van der Waals surface area (Å²) < 4.78 is 0. The maximum absolute atomic E-state index is 11.6. The van der Waals surface area contributed by atoms with Gasteiger partial charge in [0.25, 0.3) is 0 Å². The molecule has 4 heteroatoms. The van der Waals surface area contributed by atoms with Gasteiger partial charge >= 0.3 is 0 Å². The van der Waals surface area contributed by atoms with Crippen molar-refractivity contribution in [3.05, 3.63) is 36.0 Å². The minimum atomic E-state index is -0.300. The van der Waals surface area contributed by atoms with Crippen LogP contribution >= 0.6 is 0 Å². The van der Waals surface area contributed by atoms with Gasteiger partial charge < -0.3 is 16.0 Å². The Hall–Kier alpha value is -1.81. The fourth-order valence-corrected chi connectivity index (χ4v) is 2.03. The van der Waals surface area contributed by atoms with Gasteiger partial charge in [0, 0.05) is 30.2 Å². The number of aromatic nitrogens is 1. The van der Waals surface area contributed by atoms with Crippen LogP contribution in [0.15, 0.2) is 30.5 Å². The topological polar surface area (TPSA) is 70.9 Å². The highest BCUT2D eigenvalue weighted by atomic mass is 16.1. The van der Waals surface area contributed by atoms with Crippen molar-refractivity contribution < 1.29 is 4.79 Å². The molecule has 2 aromatic rings. The maximum atomic E-state index is 11.6. The number of nitrogens with one attached hydrogen (secondary N) is 2. The number of nitrogens with two attached hydrogens (primary N) is 1. The first-order valence-electron chi connectivity index (χ1n) is 5.68. The van der Waals surface area contributed by atoms with E-state index >= 15 is 0 Å². The lowest BCUT2D eigenvalue weighted by Crippen LogP contribution is -2.33. The second-order valence-electron chi connectivity index (χ2n) is 4.22. The van der Waals surface area contributed by atoms with Crippen molar-refractivity contribution in [1.82, 2.24) is 10.3 Å². The highest BCUT2D eigenvalue weighted by molar-refractivity contribution is 5.85. The number of carbonyl (C=O) groups is 1. The van der Waals surface area contributed by atoms with Crippen molar-refractivity contribution in [3.63, 3.8) is 0 Å². The number of H-pyrrole nitrogens is 1. The molecule has 1 heterocycles. The van der Waals surface area contributed by atoms with E-state index in [9.17, 15) is 4.79 Å². The van der Waals surface area contributed by atoms with Gasteiger partial charge in [-0.25, -0.2) is 0 Å². The fraction of sp³-hybridized carbons (Fsp3) is 0.308. The molecule has 4 N–H and O–H groups in total. The van der Waals surface area contributed by atoms with Crippen molar-refractivity contribution in [2.75, 3.05) is 7.05 Å². The van der Waals surface area contributed by atoms with Crippen LogP contribution in [0, 0.1) is 5.92 Å². The van der Waals surface area contributed by atoms with E-state index in [0.717, 1.165) is 16.5 Å². The lowest BCUT2D eigenvalue weighted by molar-refractivity contribution is -0.124. The monoisotopic (exact) mass is 231 g/mol. The number of rotatable bonds is 3. The molecule has 0 aliphatic rings. The smallest absolute Gasteiger partial charge is 0.224 e. The molecule has 90 valence electrons. The molecule has 2 rings (SSSR count). The number of amides is 1. The zero-order valence-electron chi connectivity index (χ0n) is 10.0. The SMILES string of the molecule is CNC(=O)C(C)C(N)c1c[nH]c2ccccc12. The number of carbonyl (C=O) groups excluding carboxylic acids is 1. The molecular weight excluding hydrogens is 214 g/mol. The Morgan fingerprint density at radius 1 is 1.41 bits per heavy atom. The second-order valence-corrected chi connectivity index (χ2v) is 4.22. The van der Waals surface area contributed by atoms with Crippen LogP contribution in [-0.4, -0.2) is 17.9 Å². The first-order valence-corrected chi connectivity index (χ1v) is 5.68. The lowest BCUT2D eigenvalue weighted by atomic mass is 9.94. The molecule has 1 aromatic heterocycles. The molecule has 0 spiro atoms. The number of hydrogen-bond acceptors (Lipinski definition) is 2. The zero-order chi connectivity index (χ0) is 12.4. The molecule has 1 amide bonds. The molecule has 0 bridgehead atoms. The van der Waals surface area contributed by atoms with E-state index < -0.39 is 0 Å². The van der Waals surface area contributed by atoms with Gasteiger partial charge in [-0.15, -0.1) is 0 Å². The highest BCUT2D eigenvalue weighted by Crippen LogP contribution is 2.27. The predicted octanol–water partition coefficient (Wildman–Crippen LogP) is 1.55. The van der Waals surface area contributed by atoms with E-state index in [2.05, 4.69) is 10.3 Å². The van der Waals surface area contributed by atoms with Crippen molar-refractivity contribution >= 4 is 16.8 Å². The minimum absolute atomic E-state index is 0.0391. The van der Waals surface area contributed by atoms with Gasteiger partial charge in [-0.1, -0.05) is 25.1 Å².